The molecule has 1 rings (SSSR count). The molecule has 0 spiro atoms. The maximum Gasteiger partial charge on any atom is 0.252 e. The maximum atomic E-state index is 12.2. The highest BCUT2D eigenvalue weighted by molar-refractivity contribution is 9.11. The van der Waals surface area contributed by atoms with Crippen LogP contribution < -0.4 is 0 Å². The van der Waals surface area contributed by atoms with Crippen molar-refractivity contribution in [2.75, 3.05) is 19.1 Å². The van der Waals surface area contributed by atoms with E-state index in [0.29, 0.717) is 4.21 Å². The van der Waals surface area contributed by atoms with Gasteiger partial charge in [0.25, 0.3) is 10.0 Å². The summed E-state index contributed by atoms with van der Waals surface area (Å²) in [4.78, 5) is 0. The molecule has 0 radical (unpaired) electrons. The number of sulfonamides is 1. The predicted molar refractivity (Wildman–Crippen MR) is 74.8 cm³/mol. The molecule has 0 N–H and O–H groups in total. The number of hydrogen-bond acceptors (Lipinski definition) is 4. The number of halogens is 1. The van der Waals surface area contributed by atoms with Gasteiger partial charge in [0.2, 0.25) is 0 Å². The van der Waals surface area contributed by atoms with Gasteiger partial charge in [-0.2, -0.15) is 16.1 Å². The van der Waals surface area contributed by atoms with Crippen LogP contribution >= 0.6 is 39.0 Å². The van der Waals surface area contributed by atoms with Crippen LogP contribution in [0.4, 0.5) is 0 Å². The van der Waals surface area contributed by atoms with Gasteiger partial charge in [-0.1, -0.05) is 0 Å². The quantitative estimate of drug-likeness (QED) is 0.824. The largest absolute Gasteiger partial charge is 0.252 e. The van der Waals surface area contributed by atoms with Crippen LogP contribution in [-0.4, -0.2) is 37.8 Å². The fraction of sp³-hybridized carbons (Fsp3) is 0.556. The van der Waals surface area contributed by atoms with Crippen molar-refractivity contribution >= 4 is 49.1 Å². The Labute approximate surface area is 113 Å². The Morgan fingerprint density at radius 2 is 2.19 bits per heavy atom. The molecule has 0 saturated heterocycles. The topological polar surface area (TPSA) is 37.4 Å². The van der Waals surface area contributed by atoms with Gasteiger partial charge in [0, 0.05) is 18.8 Å². The van der Waals surface area contributed by atoms with E-state index in [0.717, 1.165) is 9.54 Å². The van der Waals surface area contributed by atoms with E-state index in [9.17, 15) is 8.42 Å². The second kappa shape index (κ2) is 5.86. The van der Waals surface area contributed by atoms with Gasteiger partial charge in [-0.25, -0.2) is 8.42 Å². The zero-order valence-corrected chi connectivity index (χ0v) is 13.3. The SMILES string of the molecule is CSCC(C)N(C)S(=O)(=O)c1ccc(Br)s1. The fourth-order valence-corrected chi connectivity index (χ4v) is 5.52. The lowest BCUT2D eigenvalue weighted by molar-refractivity contribution is 0.416. The van der Waals surface area contributed by atoms with E-state index >= 15 is 0 Å². The van der Waals surface area contributed by atoms with Gasteiger partial charge in [-0.05, 0) is 41.2 Å². The van der Waals surface area contributed by atoms with E-state index in [-0.39, 0.29) is 6.04 Å². The Hall–Kier alpha value is 0.440. The molecule has 7 heteroatoms. The zero-order valence-electron chi connectivity index (χ0n) is 9.31. The Bertz CT molecular complexity index is 443. The Balaban J connectivity index is 2.94. The number of nitrogens with zero attached hydrogens (tertiary/aromatic N) is 1. The summed E-state index contributed by atoms with van der Waals surface area (Å²) in [6.45, 7) is 1.91. The van der Waals surface area contributed by atoms with E-state index in [2.05, 4.69) is 15.9 Å². The summed E-state index contributed by atoms with van der Waals surface area (Å²) in [6.07, 6.45) is 1.97. The first-order valence-electron chi connectivity index (χ1n) is 4.62. The molecular weight excluding hydrogens is 330 g/mol. The summed E-state index contributed by atoms with van der Waals surface area (Å²) >= 11 is 6.15. The third-order valence-corrected chi connectivity index (χ3v) is 7.09. The van der Waals surface area contributed by atoms with Crippen LogP contribution in [-0.2, 0) is 10.0 Å². The van der Waals surface area contributed by atoms with Gasteiger partial charge >= 0.3 is 0 Å². The number of rotatable bonds is 5. The van der Waals surface area contributed by atoms with Crippen molar-refractivity contribution in [3.05, 3.63) is 15.9 Å². The molecular formula is C9H14BrNO2S3. The smallest absolute Gasteiger partial charge is 0.206 e. The number of thioether (sulfide) groups is 1. The molecule has 0 aromatic carbocycles. The average molecular weight is 344 g/mol. The van der Waals surface area contributed by atoms with E-state index in [4.69, 9.17) is 0 Å². The van der Waals surface area contributed by atoms with Crippen LogP contribution in [0.15, 0.2) is 20.1 Å². The Morgan fingerprint density at radius 1 is 1.56 bits per heavy atom. The lowest BCUT2D eigenvalue weighted by Crippen LogP contribution is -2.36. The Kier molecular flexibility index (Phi) is 5.31. The number of hydrogen-bond donors (Lipinski definition) is 0. The normalized spacial score (nSPS) is 14.3. The number of thiophene rings is 1. The molecule has 0 aliphatic carbocycles. The van der Waals surface area contributed by atoms with Crippen LogP contribution in [0.2, 0.25) is 0 Å². The highest BCUT2D eigenvalue weighted by atomic mass is 79.9. The monoisotopic (exact) mass is 343 g/mol. The fourth-order valence-electron chi connectivity index (χ4n) is 1.16. The van der Waals surface area contributed by atoms with Gasteiger partial charge in [-0.3, -0.25) is 0 Å². The molecule has 0 aliphatic heterocycles. The molecule has 1 atom stereocenters. The summed E-state index contributed by atoms with van der Waals surface area (Å²) in [7, 11) is -1.70. The molecule has 0 fully saturated rings. The third kappa shape index (κ3) is 3.22. The van der Waals surface area contributed by atoms with Crippen molar-refractivity contribution in [3.8, 4) is 0 Å². The lowest BCUT2D eigenvalue weighted by atomic mass is 10.4. The van der Waals surface area contributed by atoms with Crippen molar-refractivity contribution in [1.29, 1.82) is 0 Å². The minimum Gasteiger partial charge on any atom is -0.206 e. The van der Waals surface area contributed by atoms with Gasteiger partial charge in [0.1, 0.15) is 4.21 Å². The summed E-state index contributed by atoms with van der Waals surface area (Å²) in [5.41, 5.74) is 0. The molecule has 0 bridgehead atoms. The molecule has 1 aromatic heterocycles. The van der Waals surface area contributed by atoms with Crippen LogP contribution in [0.3, 0.4) is 0 Å². The van der Waals surface area contributed by atoms with Gasteiger partial charge in [0.05, 0.1) is 3.79 Å². The molecule has 1 unspecified atom stereocenters. The van der Waals surface area contributed by atoms with Crippen molar-refractivity contribution in [2.24, 2.45) is 0 Å². The first-order chi connectivity index (χ1) is 7.39. The highest BCUT2D eigenvalue weighted by Crippen LogP contribution is 2.28. The van der Waals surface area contributed by atoms with Crippen molar-refractivity contribution in [2.45, 2.75) is 17.2 Å². The standard InChI is InChI=1S/C9H14BrNO2S3/c1-7(6-14-3)11(2)16(12,13)9-5-4-8(10)15-9/h4-5,7H,6H2,1-3H3. The highest BCUT2D eigenvalue weighted by Gasteiger charge is 2.26. The van der Waals surface area contributed by atoms with Crippen molar-refractivity contribution < 1.29 is 8.42 Å². The average Bonchev–Trinajstić information content (AvgIpc) is 2.64. The molecule has 0 saturated carbocycles. The van der Waals surface area contributed by atoms with E-state index in [1.165, 1.54) is 15.6 Å². The third-order valence-electron chi connectivity index (χ3n) is 2.21. The summed E-state index contributed by atoms with van der Waals surface area (Å²) in [5.74, 6) is 0.794. The van der Waals surface area contributed by atoms with Crippen LogP contribution in [0.5, 0.6) is 0 Å². The predicted octanol–water partition coefficient (Wildman–Crippen LogP) is 2.88. The van der Waals surface area contributed by atoms with Crippen LogP contribution in [0.25, 0.3) is 0 Å². The summed E-state index contributed by atoms with van der Waals surface area (Å²) in [5, 5.41) is 0. The first kappa shape index (κ1) is 14.5. The van der Waals surface area contributed by atoms with E-state index in [1.807, 2.05) is 13.2 Å². The Morgan fingerprint density at radius 3 is 2.62 bits per heavy atom. The lowest BCUT2D eigenvalue weighted by Gasteiger charge is -2.22. The van der Waals surface area contributed by atoms with Crippen LogP contribution in [0, 0.1) is 0 Å². The molecule has 0 aliphatic rings. The maximum absolute atomic E-state index is 12.2. The van der Waals surface area contributed by atoms with Gasteiger partial charge in [0.15, 0.2) is 0 Å². The molecule has 0 amide bonds. The zero-order chi connectivity index (χ0) is 12.3. The molecule has 1 aromatic rings. The van der Waals surface area contributed by atoms with Crippen LogP contribution in [0.1, 0.15) is 6.92 Å². The van der Waals surface area contributed by atoms with E-state index < -0.39 is 10.0 Å². The minimum absolute atomic E-state index is 0.000811. The molecule has 16 heavy (non-hydrogen) atoms. The molecule has 92 valence electrons. The van der Waals surface area contributed by atoms with Crippen molar-refractivity contribution in [3.63, 3.8) is 0 Å². The summed E-state index contributed by atoms with van der Waals surface area (Å²) < 4.78 is 27.0. The summed E-state index contributed by atoms with van der Waals surface area (Å²) in [6, 6.07) is 3.39. The molecule has 1 heterocycles. The van der Waals surface area contributed by atoms with Gasteiger partial charge in [-0.15, -0.1) is 11.3 Å². The van der Waals surface area contributed by atoms with Gasteiger partial charge < -0.3 is 0 Å². The second-order valence-corrected chi connectivity index (χ2v) is 8.98. The minimum atomic E-state index is -3.33. The first-order valence-corrected chi connectivity index (χ1v) is 9.06. The second-order valence-electron chi connectivity index (χ2n) is 3.38. The molecule has 3 nitrogen and oxygen atoms in total. The van der Waals surface area contributed by atoms with E-state index in [1.54, 1.807) is 30.9 Å². The van der Waals surface area contributed by atoms with Crippen molar-refractivity contribution in [1.82, 2.24) is 4.31 Å².